The van der Waals surface area contributed by atoms with E-state index < -0.39 is 12.2 Å². The van der Waals surface area contributed by atoms with Crippen LogP contribution in [0.3, 0.4) is 0 Å². The van der Waals surface area contributed by atoms with Gasteiger partial charge in [0.25, 0.3) is 0 Å². The Morgan fingerprint density at radius 3 is 1.23 bits per heavy atom. The van der Waals surface area contributed by atoms with Gasteiger partial charge in [-0.25, -0.2) is 0 Å². The van der Waals surface area contributed by atoms with Crippen LogP contribution in [0.4, 0.5) is 0 Å². The van der Waals surface area contributed by atoms with E-state index in [1.165, 1.54) is 11.1 Å². The third-order valence-corrected chi connectivity index (χ3v) is 4.42. The molecule has 0 heterocycles. The van der Waals surface area contributed by atoms with Crippen LogP contribution in [-0.2, 0) is 12.8 Å². The molecule has 2 heteroatoms. The maximum atomic E-state index is 10.3. The van der Waals surface area contributed by atoms with Gasteiger partial charge in [0.2, 0.25) is 0 Å². The van der Waals surface area contributed by atoms with Gasteiger partial charge in [-0.05, 0) is 49.7 Å². The van der Waals surface area contributed by atoms with E-state index in [4.69, 9.17) is 0 Å². The first-order chi connectivity index (χ1) is 10.6. The summed E-state index contributed by atoms with van der Waals surface area (Å²) in [6.45, 7) is 3.65. The molecule has 0 aliphatic heterocycles. The minimum Gasteiger partial charge on any atom is -0.393 e. The molecule has 4 unspecified atom stereocenters. The van der Waals surface area contributed by atoms with Crippen LogP contribution >= 0.6 is 0 Å². The van der Waals surface area contributed by atoms with Crippen LogP contribution in [0.15, 0.2) is 60.7 Å². The largest absolute Gasteiger partial charge is 0.393 e. The van der Waals surface area contributed by atoms with Gasteiger partial charge in [0, 0.05) is 0 Å². The van der Waals surface area contributed by atoms with Crippen molar-refractivity contribution in [1.82, 2.24) is 0 Å². The zero-order valence-corrected chi connectivity index (χ0v) is 13.4. The van der Waals surface area contributed by atoms with E-state index in [-0.39, 0.29) is 11.8 Å². The summed E-state index contributed by atoms with van der Waals surface area (Å²) in [5.41, 5.74) is 2.40. The molecule has 0 saturated carbocycles. The smallest absolute Gasteiger partial charge is 0.0547 e. The molecule has 22 heavy (non-hydrogen) atoms. The highest BCUT2D eigenvalue weighted by molar-refractivity contribution is 5.18. The van der Waals surface area contributed by atoms with Crippen LogP contribution in [0.1, 0.15) is 25.0 Å². The van der Waals surface area contributed by atoms with Crippen molar-refractivity contribution < 1.29 is 10.2 Å². The highest BCUT2D eigenvalue weighted by Gasteiger charge is 2.29. The Kier molecular flexibility index (Phi) is 6.17. The topological polar surface area (TPSA) is 40.5 Å². The second-order valence-electron chi connectivity index (χ2n) is 6.19. The minimum atomic E-state index is -0.455. The number of hydrogen-bond acceptors (Lipinski definition) is 2. The molecule has 4 atom stereocenters. The predicted octanol–water partition coefficient (Wildman–Crippen LogP) is 3.47. The van der Waals surface area contributed by atoms with Gasteiger partial charge in [-0.3, -0.25) is 0 Å². The van der Waals surface area contributed by atoms with E-state index in [1.807, 2.05) is 50.2 Å². The average Bonchev–Trinajstić information content (AvgIpc) is 2.52. The van der Waals surface area contributed by atoms with E-state index in [2.05, 4.69) is 24.3 Å². The van der Waals surface area contributed by atoms with Gasteiger partial charge in [0.05, 0.1) is 12.2 Å². The lowest BCUT2D eigenvalue weighted by Gasteiger charge is -2.32. The summed E-state index contributed by atoms with van der Waals surface area (Å²) in [5.74, 6) is 0.0604. The fourth-order valence-corrected chi connectivity index (χ4v) is 3.13. The van der Waals surface area contributed by atoms with Crippen LogP contribution in [0.5, 0.6) is 0 Å². The fraction of sp³-hybridized carbons (Fsp3) is 0.400. The van der Waals surface area contributed by atoms with Crippen molar-refractivity contribution in [3.8, 4) is 0 Å². The van der Waals surface area contributed by atoms with Crippen LogP contribution in [0.2, 0.25) is 0 Å². The summed E-state index contributed by atoms with van der Waals surface area (Å²) >= 11 is 0. The Balaban J connectivity index is 2.18. The maximum Gasteiger partial charge on any atom is 0.0547 e. The van der Waals surface area contributed by atoms with Crippen LogP contribution in [-0.4, -0.2) is 22.4 Å². The molecule has 0 aliphatic rings. The number of benzene rings is 2. The molecule has 0 bridgehead atoms. The van der Waals surface area contributed by atoms with Crippen molar-refractivity contribution in [2.75, 3.05) is 0 Å². The van der Waals surface area contributed by atoms with Crippen molar-refractivity contribution >= 4 is 0 Å². The number of aliphatic hydroxyl groups is 2. The van der Waals surface area contributed by atoms with Crippen molar-refractivity contribution in [2.24, 2.45) is 11.8 Å². The van der Waals surface area contributed by atoms with Crippen molar-refractivity contribution in [3.63, 3.8) is 0 Å². The Labute approximate surface area is 133 Å². The maximum absolute atomic E-state index is 10.3. The van der Waals surface area contributed by atoms with Gasteiger partial charge in [0.1, 0.15) is 0 Å². The average molecular weight is 298 g/mol. The number of rotatable bonds is 7. The molecular weight excluding hydrogens is 272 g/mol. The third-order valence-electron chi connectivity index (χ3n) is 4.42. The summed E-state index contributed by atoms with van der Waals surface area (Å²) in [5, 5.41) is 20.5. The van der Waals surface area contributed by atoms with Crippen molar-refractivity contribution in [2.45, 2.75) is 38.9 Å². The molecule has 2 nitrogen and oxygen atoms in total. The SMILES string of the molecule is CC(O)C(Cc1ccccc1)C(Cc1ccccc1)C(C)O. The minimum absolute atomic E-state index is 0.0302. The Morgan fingerprint density at radius 1 is 0.636 bits per heavy atom. The van der Waals surface area contributed by atoms with Crippen molar-refractivity contribution in [1.29, 1.82) is 0 Å². The molecule has 0 radical (unpaired) electrons. The lowest BCUT2D eigenvalue weighted by Crippen LogP contribution is -2.35. The monoisotopic (exact) mass is 298 g/mol. The molecular formula is C20H26O2. The van der Waals surface area contributed by atoms with Gasteiger partial charge < -0.3 is 10.2 Å². The fourth-order valence-electron chi connectivity index (χ4n) is 3.13. The summed E-state index contributed by atoms with van der Waals surface area (Å²) < 4.78 is 0. The highest BCUT2D eigenvalue weighted by Crippen LogP contribution is 2.28. The summed E-state index contributed by atoms with van der Waals surface area (Å²) in [6.07, 6.45) is 0.647. The lowest BCUT2D eigenvalue weighted by molar-refractivity contribution is 0.0226. The third kappa shape index (κ3) is 4.69. The molecule has 0 saturated heterocycles. The lowest BCUT2D eigenvalue weighted by atomic mass is 9.77. The van der Waals surface area contributed by atoms with Gasteiger partial charge in [0.15, 0.2) is 0 Å². The van der Waals surface area contributed by atoms with Gasteiger partial charge in [-0.1, -0.05) is 60.7 Å². The zero-order chi connectivity index (χ0) is 15.9. The van der Waals surface area contributed by atoms with Crippen LogP contribution in [0, 0.1) is 11.8 Å². The molecule has 0 amide bonds. The molecule has 0 aromatic heterocycles. The second-order valence-corrected chi connectivity index (χ2v) is 6.19. The zero-order valence-electron chi connectivity index (χ0n) is 13.4. The predicted molar refractivity (Wildman–Crippen MR) is 90.6 cm³/mol. The van der Waals surface area contributed by atoms with E-state index in [0.717, 1.165) is 12.8 Å². The first-order valence-electron chi connectivity index (χ1n) is 8.02. The molecule has 2 rings (SSSR count). The van der Waals surface area contributed by atoms with E-state index in [1.54, 1.807) is 0 Å². The van der Waals surface area contributed by atoms with Crippen LogP contribution in [0.25, 0.3) is 0 Å². The normalized spacial score (nSPS) is 16.7. The Bertz CT molecular complexity index is 483. The molecule has 0 aliphatic carbocycles. The first-order valence-corrected chi connectivity index (χ1v) is 8.02. The molecule has 2 aromatic rings. The van der Waals surface area contributed by atoms with E-state index in [9.17, 15) is 10.2 Å². The molecule has 0 fully saturated rings. The first kappa shape index (κ1) is 16.7. The van der Waals surface area contributed by atoms with E-state index >= 15 is 0 Å². The molecule has 0 spiro atoms. The number of aliphatic hydroxyl groups excluding tert-OH is 2. The quantitative estimate of drug-likeness (QED) is 0.822. The highest BCUT2D eigenvalue weighted by atomic mass is 16.3. The van der Waals surface area contributed by atoms with Gasteiger partial charge >= 0.3 is 0 Å². The summed E-state index contributed by atoms with van der Waals surface area (Å²) in [4.78, 5) is 0. The number of hydrogen-bond donors (Lipinski definition) is 2. The molecule has 2 aromatic carbocycles. The standard InChI is InChI=1S/C20H26O2/c1-15(21)19(13-17-9-5-3-6-10-17)20(16(2)22)14-18-11-7-4-8-12-18/h3-12,15-16,19-22H,13-14H2,1-2H3. The molecule has 118 valence electrons. The van der Waals surface area contributed by atoms with Gasteiger partial charge in [-0.2, -0.15) is 0 Å². The van der Waals surface area contributed by atoms with Crippen LogP contribution < -0.4 is 0 Å². The van der Waals surface area contributed by atoms with Gasteiger partial charge in [-0.15, -0.1) is 0 Å². The van der Waals surface area contributed by atoms with E-state index in [0.29, 0.717) is 0 Å². The summed E-state index contributed by atoms with van der Waals surface area (Å²) in [6, 6.07) is 20.4. The second kappa shape index (κ2) is 8.11. The Morgan fingerprint density at radius 2 is 0.955 bits per heavy atom. The summed E-state index contributed by atoms with van der Waals surface area (Å²) in [7, 11) is 0. The molecule has 2 N–H and O–H groups in total. The Hall–Kier alpha value is -1.64. The van der Waals surface area contributed by atoms with Crippen molar-refractivity contribution in [3.05, 3.63) is 71.8 Å².